The molecule has 1 aromatic heterocycles. The number of aromatic nitrogens is 1. The van der Waals surface area contributed by atoms with Crippen molar-refractivity contribution in [3.63, 3.8) is 0 Å². The van der Waals surface area contributed by atoms with Crippen molar-refractivity contribution >= 4 is 67.9 Å². The number of thioether (sulfide) groups is 1. The van der Waals surface area contributed by atoms with Gasteiger partial charge in [-0.25, -0.2) is 4.40 Å². The van der Waals surface area contributed by atoms with E-state index in [9.17, 15) is 19.5 Å². The fraction of sp³-hybridized carbons (Fsp3) is 0.152. The first kappa shape index (κ1) is 28.4. The predicted molar refractivity (Wildman–Crippen MR) is 168 cm³/mol. The molecule has 0 atom stereocenters. The van der Waals surface area contributed by atoms with Crippen LogP contribution in [-0.4, -0.2) is 37.8 Å². The monoisotopic (exact) mass is 580 g/mol. The third kappa shape index (κ3) is 6.29. The normalized spacial score (nSPS) is 11.7. The first-order valence-electron chi connectivity index (χ1n) is 13.2. The molecule has 6 nitrogen and oxygen atoms in total. The quantitative estimate of drug-likeness (QED) is 0.0786. The molecule has 5 rings (SSSR count). The molecule has 1 N–H and O–H groups in total. The van der Waals surface area contributed by atoms with Crippen LogP contribution in [0.4, 0.5) is 0 Å². The van der Waals surface area contributed by atoms with Gasteiger partial charge < -0.3 is 9.67 Å². The number of hydrogen-bond donors (Lipinski definition) is 1. The average molecular weight is 581 g/mol. The van der Waals surface area contributed by atoms with Crippen molar-refractivity contribution in [3.05, 3.63) is 108 Å². The summed E-state index contributed by atoms with van der Waals surface area (Å²) in [7, 11) is 0. The molecule has 0 bridgehead atoms. The Morgan fingerprint density at radius 2 is 1.44 bits per heavy atom. The van der Waals surface area contributed by atoms with Gasteiger partial charge in [0.25, 0.3) is 0 Å². The highest BCUT2D eigenvalue weighted by Gasteiger charge is 2.19. The van der Waals surface area contributed by atoms with Gasteiger partial charge >= 0.3 is 0 Å². The van der Waals surface area contributed by atoms with E-state index < -0.39 is 0 Å². The Hall–Kier alpha value is -4.14. The van der Waals surface area contributed by atoms with Crippen molar-refractivity contribution in [2.24, 2.45) is 4.40 Å². The molecule has 206 valence electrons. The van der Waals surface area contributed by atoms with Gasteiger partial charge in [0.1, 0.15) is 5.75 Å². The number of aromatic hydroxyl groups is 1. The molecule has 0 saturated heterocycles. The lowest BCUT2D eigenvalue weighted by molar-refractivity contribution is -0.109. The number of phenolic OH excluding ortho intramolecular Hbond substituents is 1. The fourth-order valence-corrected chi connectivity index (χ4v) is 6.05. The van der Waals surface area contributed by atoms with E-state index in [1.807, 2.05) is 60.7 Å². The summed E-state index contributed by atoms with van der Waals surface area (Å²) in [5.74, 6) is 0.483. The SMILES string of the molecule is CCn1c2ccc(C(=O)C(CCSc3ccc(O)cc3)=NSC(C)=O)cc2c2cc(C(=O)c3ccccc3)ccc21. The summed E-state index contributed by atoms with van der Waals surface area (Å²) < 4.78 is 6.48. The van der Waals surface area contributed by atoms with Crippen LogP contribution in [0.2, 0.25) is 0 Å². The zero-order valence-corrected chi connectivity index (χ0v) is 24.3. The van der Waals surface area contributed by atoms with Gasteiger partial charge in [0.15, 0.2) is 5.78 Å². The second-order valence-electron chi connectivity index (χ2n) is 9.45. The lowest BCUT2D eigenvalue weighted by atomic mass is 9.99. The minimum Gasteiger partial charge on any atom is -0.508 e. The molecule has 5 aromatic rings. The number of nitrogens with zero attached hydrogens (tertiary/aromatic N) is 2. The number of carbonyl (C=O) groups excluding carboxylic acids is 3. The van der Waals surface area contributed by atoms with Crippen molar-refractivity contribution in [2.45, 2.75) is 31.7 Å². The van der Waals surface area contributed by atoms with Crippen molar-refractivity contribution in [1.29, 1.82) is 0 Å². The summed E-state index contributed by atoms with van der Waals surface area (Å²) in [5, 5.41) is 11.1. The first-order chi connectivity index (χ1) is 19.9. The number of hydrogen-bond acceptors (Lipinski definition) is 7. The van der Waals surface area contributed by atoms with Gasteiger partial charge in [0.05, 0.1) is 5.71 Å². The molecule has 4 aromatic carbocycles. The third-order valence-electron chi connectivity index (χ3n) is 6.73. The lowest BCUT2D eigenvalue weighted by Gasteiger charge is -2.07. The second kappa shape index (κ2) is 12.6. The molecular formula is C33H28N2O4S2. The summed E-state index contributed by atoms with van der Waals surface area (Å²) in [5.41, 5.74) is 3.96. The molecular weight excluding hydrogens is 553 g/mol. The highest BCUT2D eigenvalue weighted by molar-refractivity contribution is 8.12. The van der Waals surface area contributed by atoms with E-state index in [4.69, 9.17) is 0 Å². The summed E-state index contributed by atoms with van der Waals surface area (Å²) in [4.78, 5) is 39.5. The number of rotatable bonds is 10. The van der Waals surface area contributed by atoms with Crippen LogP contribution >= 0.6 is 23.7 Å². The Bertz CT molecular complexity index is 1790. The van der Waals surface area contributed by atoms with Crippen LogP contribution in [-0.2, 0) is 11.3 Å². The van der Waals surface area contributed by atoms with E-state index in [2.05, 4.69) is 15.9 Å². The number of Topliss-reactive ketones (excluding diaryl/α,β-unsaturated/α-hetero) is 1. The van der Waals surface area contributed by atoms with Crippen molar-refractivity contribution in [2.75, 3.05) is 5.75 Å². The summed E-state index contributed by atoms with van der Waals surface area (Å²) in [6.07, 6.45) is 0.370. The zero-order valence-electron chi connectivity index (χ0n) is 22.7. The molecule has 0 aliphatic heterocycles. The minimum atomic E-state index is -0.235. The summed E-state index contributed by atoms with van der Waals surface area (Å²) in [6, 6.07) is 27.4. The van der Waals surface area contributed by atoms with Crippen LogP contribution in [0.5, 0.6) is 5.75 Å². The van der Waals surface area contributed by atoms with Gasteiger partial charge in [-0.05, 0) is 67.6 Å². The molecule has 0 saturated carbocycles. The van der Waals surface area contributed by atoms with Gasteiger partial charge in [-0.2, -0.15) is 0 Å². The topological polar surface area (TPSA) is 88.7 Å². The molecule has 41 heavy (non-hydrogen) atoms. The predicted octanol–water partition coefficient (Wildman–Crippen LogP) is 7.75. The molecule has 0 spiro atoms. The molecule has 1 heterocycles. The number of ketones is 2. The van der Waals surface area contributed by atoms with E-state index >= 15 is 0 Å². The Morgan fingerprint density at radius 1 is 0.805 bits per heavy atom. The van der Waals surface area contributed by atoms with E-state index in [1.54, 1.807) is 42.1 Å². The van der Waals surface area contributed by atoms with E-state index in [0.717, 1.165) is 45.2 Å². The lowest BCUT2D eigenvalue weighted by Crippen LogP contribution is -2.15. The Labute approximate surface area is 246 Å². The number of carbonyl (C=O) groups is 3. The molecule has 0 radical (unpaired) electrons. The second-order valence-corrected chi connectivity index (χ2v) is 11.6. The molecule has 0 amide bonds. The van der Waals surface area contributed by atoms with Crippen molar-refractivity contribution in [1.82, 2.24) is 4.57 Å². The van der Waals surface area contributed by atoms with E-state index in [1.165, 1.54) is 6.92 Å². The fourth-order valence-electron chi connectivity index (χ4n) is 4.78. The number of fused-ring (bicyclic) bond motifs is 3. The van der Waals surface area contributed by atoms with Gasteiger partial charge in [0, 0.05) is 81.0 Å². The van der Waals surface area contributed by atoms with Gasteiger partial charge in [0.2, 0.25) is 10.9 Å². The standard InChI is InChI=1S/C33H28N2O4S2/c1-3-35-30-15-9-23(32(38)22-7-5-4-6-8-22)19-27(30)28-20-24(10-16-31(28)35)33(39)29(34-41-21(2)36)17-18-40-26-13-11-25(37)12-14-26/h4-16,19-20,37H,3,17-18H2,1-2H3. The van der Waals surface area contributed by atoms with Crippen LogP contribution in [0.25, 0.3) is 21.8 Å². The molecule has 0 aliphatic carbocycles. The minimum absolute atomic E-state index is 0.0565. The first-order valence-corrected chi connectivity index (χ1v) is 15.0. The Morgan fingerprint density at radius 3 is 2.07 bits per heavy atom. The summed E-state index contributed by atoms with van der Waals surface area (Å²) >= 11 is 2.32. The molecule has 8 heteroatoms. The highest BCUT2D eigenvalue weighted by atomic mass is 32.2. The molecule has 0 unspecified atom stereocenters. The maximum Gasteiger partial charge on any atom is 0.207 e. The number of phenols is 1. The van der Waals surface area contributed by atoms with Crippen LogP contribution in [0, 0.1) is 0 Å². The average Bonchev–Trinajstić information content (AvgIpc) is 3.31. The van der Waals surface area contributed by atoms with Crippen molar-refractivity contribution < 1.29 is 19.5 Å². The van der Waals surface area contributed by atoms with Gasteiger partial charge in [-0.1, -0.05) is 30.3 Å². The van der Waals surface area contributed by atoms with E-state index in [0.29, 0.717) is 34.6 Å². The van der Waals surface area contributed by atoms with E-state index in [-0.39, 0.29) is 22.4 Å². The summed E-state index contributed by atoms with van der Waals surface area (Å²) in [6.45, 7) is 4.22. The maximum absolute atomic E-state index is 13.7. The van der Waals surface area contributed by atoms with Gasteiger partial charge in [-0.15, -0.1) is 11.8 Å². The van der Waals surface area contributed by atoms with Gasteiger partial charge in [-0.3, -0.25) is 14.4 Å². The van der Waals surface area contributed by atoms with Crippen molar-refractivity contribution in [3.8, 4) is 5.75 Å². The van der Waals surface area contributed by atoms with Crippen LogP contribution in [0.15, 0.2) is 100 Å². The largest absolute Gasteiger partial charge is 0.508 e. The van der Waals surface area contributed by atoms with Crippen LogP contribution in [0.1, 0.15) is 46.5 Å². The van der Waals surface area contributed by atoms with Crippen LogP contribution in [0.3, 0.4) is 0 Å². The zero-order chi connectivity index (χ0) is 28.9. The highest BCUT2D eigenvalue weighted by Crippen LogP contribution is 2.32. The maximum atomic E-state index is 13.7. The number of aryl methyl sites for hydroxylation is 1. The Kier molecular flexibility index (Phi) is 8.71. The van der Waals surface area contributed by atoms with Crippen LogP contribution < -0.4 is 0 Å². The molecule has 0 aliphatic rings. The Balaban J connectivity index is 1.49. The smallest absolute Gasteiger partial charge is 0.207 e. The molecule has 0 fully saturated rings. The number of benzene rings is 4. The third-order valence-corrected chi connectivity index (χ3v) is 8.31.